The molecule has 0 aliphatic carbocycles. The summed E-state index contributed by atoms with van der Waals surface area (Å²) in [6.07, 6.45) is 0. The van der Waals surface area contributed by atoms with Gasteiger partial charge in [-0.25, -0.2) is 9.18 Å². The molecule has 0 aliphatic heterocycles. The van der Waals surface area contributed by atoms with E-state index in [1.54, 1.807) is 18.2 Å². The number of hydrogen-bond acceptors (Lipinski definition) is 2. The van der Waals surface area contributed by atoms with Crippen molar-refractivity contribution in [1.29, 1.82) is 0 Å². The van der Waals surface area contributed by atoms with Gasteiger partial charge in [-0.3, -0.25) is 0 Å². The summed E-state index contributed by atoms with van der Waals surface area (Å²) in [5, 5.41) is 1.52. The Balaban J connectivity index is 2.69. The predicted octanol–water partition coefficient (Wildman–Crippen LogP) is 3.53. The molecule has 2 aromatic rings. The van der Waals surface area contributed by atoms with Crippen molar-refractivity contribution < 1.29 is 13.9 Å². The van der Waals surface area contributed by atoms with Crippen LogP contribution in [0.25, 0.3) is 10.8 Å². The Morgan fingerprint density at radius 2 is 2.06 bits per heavy atom. The molecule has 0 saturated heterocycles. The summed E-state index contributed by atoms with van der Waals surface area (Å²) in [5.41, 5.74) is 0.396. The summed E-state index contributed by atoms with van der Waals surface area (Å²) < 4.78 is 18.4. The van der Waals surface area contributed by atoms with E-state index in [0.717, 1.165) is 9.86 Å². The molecule has 0 bridgehead atoms. The minimum Gasteiger partial charge on any atom is -0.465 e. The number of carbonyl (C=O) groups is 1. The maximum Gasteiger partial charge on any atom is 0.337 e. The highest BCUT2D eigenvalue weighted by Crippen LogP contribution is 2.26. The highest BCUT2D eigenvalue weighted by Gasteiger charge is 2.09. The number of halogens is 2. The van der Waals surface area contributed by atoms with E-state index in [-0.39, 0.29) is 5.82 Å². The lowest BCUT2D eigenvalue weighted by Gasteiger charge is -2.04. The van der Waals surface area contributed by atoms with Gasteiger partial charge in [-0.15, -0.1) is 0 Å². The number of carbonyl (C=O) groups excluding carboxylic acids is 1. The maximum atomic E-state index is 13.1. The fraction of sp³-hybridized carbons (Fsp3) is 0.0833. The largest absolute Gasteiger partial charge is 0.465 e. The maximum absolute atomic E-state index is 13.1. The van der Waals surface area contributed by atoms with Crippen LogP contribution in [-0.4, -0.2) is 13.1 Å². The van der Waals surface area contributed by atoms with Crippen LogP contribution < -0.4 is 0 Å². The van der Waals surface area contributed by atoms with Gasteiger partial charge in [-0.05, 0) is 35.0 Å². The van der Waals surface area contributed by atoms with Crippen molar-refractivity contribution in [1.82, 2.24) is 0 Å². The first-order valence-corrected chi connectivity index (χ1v) is 5.38. The Morgan fingerprint density at radius 1 is 1.31 bits per heavy atom. The molecule has 0 saturated carbocycles. The van der Waals surface area contributed by atoms with Crippen molar-refractivity contribution in [3.8, 4) is 0 Å². The van der Waals surface area contributed by atoms with Gasteiger partial charge in [0, 0.05) is 4.47 Å². The Bertz CT molecular complexity index is 566. The highest BCUT2D eigenvalue weighted by molar-refractivity contribution is 9.10. The fourth-order valence-corrected chi connectivity index (χ4v) is 2.14. The minimum atomic E-state index is -0.438. The monoisotopic (exact) mass is 282 g/mol. The molecule has 0 N–H and O–H groups in total. The molecule has 4 heteroatoms. The summed E-state index contributed by atoms with van der Waals surface area (Å²) in [6, 6.07) is 7.69. The number of hydrogen-bond donors (Lipinski definition) is 0. The average molecular weight is 283 g/mol. The van der Waals surface area contributed by atoms with Crippen molar-refractivity contribution in [3.05, 3.63) is 46.2 Å². The SMILES string of the molecule is COC(=O)c1cc(Br)c2ccc(F)cc2c1. The zero-order chi connectivity index (χ0) is 11.7. The Kier molecular flexibility index (Phi) is 2.92. The van der Waals surface area contributed by atoms with Crippen molar-refractivity contribution in [2.75, 3.05) is 7.11 Å². The molecular formula is C12H8BrFO2. The second-order valence-corrected chi connectivity index (χ2v) is 4.17. The van der Waals surface area contributed by atoms with Crippen LogP contribution in [0.3, 0.4) is 0 Å². The van der Waals surface area contributed by atoms with Crippen LogP contribution in [0.15, 0.2) is 34.8 Å². The van der Waals surface area contributed by atoms with Gasteiger partial charge in [-0.2, -0.15) is 0 Å². The van der Waals surface area contributed by atoms with E-state index in [9.17, 15) is 9.18 Å². The lowest BCUT2D eigenvalue weighted by Crippen LogP contribution is -2.01. The lowest BCUT2D eigenvalue weighted by molar-refractivity contribution is 0.0601. The van der Waals surface area contributed by atoms with Crippen LogP contribution in [0.5, 0.6) is 0 Å². The van der Waals surface area contributed by atoms with E-state index >= 15 is 0 Å². The van der Waals surface area contributed by atoms with E-state index in [1.165, 1.54) is 19.2 Å². The summed E-state index contributed by atoms with van der Waals surface area (Å²) in [4.78, 5) is 11.4. The first-order valence-electron chi connectivity index (χ1n) is 4.59. The molecule has 2 aromatic carbocycles. The number of fused-ring (bicyclic) bond motifs is 1. The topological polar surface area (TPSA) is 26.3 Å². The van der Waals surface area contributed by atoms with Gasteiger partial charge in [0.1, 0.15) is 5.82 Å². The van der Waals surface area contributed by atoms with Gasteiger partial charge in [0.15, 0.2) is 0 Å². The standard InChI is InChI=1S/C12H8BrFO2/c1-16-12(15)8-4-7-5-9(14)2-3-10(7)11(13)6-8/h2-6H,1H3. The van der Waals surface area contributed by atoms with Gasteiger partial charge in [0.05, 0.1) is 12.7 Å². The Labute approximate surface area is 100 Å². The summed E-state index contributed by atoms with van der Waals surface area (Å²) in [5.74, 6) is -0.770. The number of benzene rings is 2. The van der Waals surface area contributed by atoms with Gasteiger partial charge < -0.3 is 4.74 Å². The first-order chi connectivity index (χ1) is 7.61. The number of methoxy groups -OCH3 is 1. The third-order valence-corrected chi connectivity index (χ3v) is 2.94. The van der Waals surface area contributed by atoms with Crippen molar-refractivity contribution >= 4 is 32.7 Å². The third-order valence-electron chi connectivity index (χ3n) is 2.29. The van der Waals surface area contributed by atoms with Crippen molar-refractivity contribution in [3.63, 3.8) is 0 Å². The van der Waals surface area contributed by atoms with Crippen LogP contribution in [0.2, 0.25) is 0 Å². The molecule has 0 radical (unpaired) electrons. The van der Waals surface area contributed by atoms with E-state index in [0.29, 0.717) is 10.9 Å². The zero-order valence-corrected chi connectivity index (χ0v) is 10.0. The Morgan fingerprint density at radius 3 is 2.75 bits per heavy atom. The molecule has 82 valence electrons. The quantitative estimate of drug-likeness (QED) is 0.748. The smallest absolute Gasteiger partial charge is 0.337 e. The molecule has 2 nitrogen and oxygen atoms in total. The summed E-state index contributed by atoms with van der Waals surface area (Å²) in [6.45, 7) is 0. The molecule has 0 aromatic heterocycles. The van der Waals surface area contributed by atoms with Gasteiger partial charge >= 0.3 is 5.97 Å². The molecule has 0 atom stereocenters. The van der Waals surface area contributed by atoms with Crippen LogP contribution in [0, 0.1) is 5.82 Å². The van der Waals surface area contributed by atoms with Gasteiger partial charge in [0.2, 0.25) is 0 Å². The molecule has 0 unspecified atom stereocenters. The molecule has 0 fully saturated rings. The number of ether oxygens (including phenoxy) is 1. The highest BCUT2D eigenvalue weighted by atomic mass is 79.9. The summed E-state index contributed by atoms with van der Waals surface area (Å²) in [7, 11) is 1.31. The molecular weight excluding hydrogens is 275 g/mol. The van der Waals surface area contributed by atoms with E-state index in [1.807, 2.05) is 0 Å². The van der Waals surface area contributed by atoms with E-state index in [2.05, 4.69) is 20.7 Å². The molecule has 0 spiro atoms. The molecule has 0 aliphatic rings. The van der Waals surface area contributed by atoms with Gasteiger partial charge in [-0.1, -0.05) is 22.0 Å². The van der Waals surface area contributed by atoms with Crippen molar-refractivity contribution in [2.24, 2.45) is 0 Å². The second-order valence-electron chi connectivity index (χ2n) is 3.32. The van der Waals surface area contributed by atoms with Crippen molar-refractivity contribution in [2.45, 2.75) is 0 Å². The zero-order valence-electron chi connectivity index (χ0n) is 8.46. The lowest BCUT2D eigenvalue weighted by atomic mass is 10.1. The normalized spacial score (nSPS) is 10.4. The molecule has 0 amide bonds. The number of esters is 1. The van der Waals surface area contributed by atoms with E-state index < -0.39 is 5.97 Å². The molecule has 16 heavy (non-hydrogen) atoms. The molecule has 0 heterocycles. The number of rotatable bonds is 1. The van der Waals surface area contributed by atoms with Crippen LogP contribution >= 0.6 is 15.9 Å². The van der Waals surface area contributed by atoms with Gasteiger partial charge in [0.25, 0.3) is 0 Å². The third kappa shape index (κ3) is 1.93. The van der Waals surface area contributed by atoms with Crippen LogP contribution in [-0.2, 0) is 4.74 Å². The average Bonchev–Trinajstić information content (AvgIpc) is 2.27. The molecule has 2 rings (SSSR count). The van der Waals surface area contributed by atoms with Crippen LogP contribution in [0.4, 0.5) is 4.39 Å². The Hall–Kier alpha value is -1.42. The first kappa shape index (κ1) is 11.1. The fourth-order valence-electron chi connectivity index (χ4n) is 1.53. The van der Waals surface area contributed by atoms with E-state index in [4.69, 9.17) is 0 Å². The summed E-state index contributed by atoms with van der Waals surface area (Å²) >= 11 is 3.34. The second kappa shape index (κ2) is 4.22. The van der Waals surface area contributed by atoms with Crippen LogP contribution in [0.1, 0.15) is 10.4 Å². The predicted molar refractivity (Wildman–Crippen MR) is 62.9 cm³/mol. The minimum absolute atomic E-state index is 0.332.